The van der Waals surface area contributed by atoms with Gasteiger partial charge >= 0.3 is 17.0 Å². The van der Waals surface area contributed by atoms with Gasteiger partial charge in [-0.3, -0.25) is 9.59 Å². The minimum Gasteiger partial charge on any atom is -0.417 e. The van der Waals surface area contributed by atoms with Crippen molar-refractivity contribution in [3.05, 3.63) is 60.7 Å². The van der Waals surface area contributed by atoms with Crippen LogP contribution in [0.25, 0.3) is 0 Å². The molecule has 2 rings (SSSR count). The summed E-state index contributed by atoms with van der Waals surface area (Å²) in [5.41, 5.74) is 0. The number of rotatable bonds is 6. The van der Waals surface area contributed by atoms with E-state index in [2.05, 4.69) is 0 Å². The molecule has 0 fully saturated rings. The number of benzene rings is 2. The van der Waals surface area contributed by atoms with Crippen molar-refractivity contribution < 1.29 is 13.7 Å². The normalized spacial score (nSPS) is 15.3. The summed E-state index contributed by atoms with van der Waals surface area (Å²) in [6.07, 6.45) is 0. The van der Waals surface area contributed by atoms with Gasteiger partial charge in [-0.05, 0) is 23.5 Å². The van der Waals surface area contributed by atoms with Crippen LogP contribution >= 0.6 is 0 Å². The molecule has 0 radical (unpaired) electrons. The molecule has 0 aliphatic heterocycles. The molecule has 2 unspecified atom stereocenters. The molecule has 0 aliphatic carbocycles. The lowest BCUT2D eigenvalue weighted by Crippen LogP contribution is -2.73. The number of hydrogen-bond donors (Lipinski definition) is 0. The van der Waals surface area contributed by atoms with Crippen molar-refractivity contribution in [1.29, 1.82) is 0 Å². The van der Waals surface area contributed by atoms with E-state index >= 15 is 0 Å². The van der Waals surface area contributed by atoms with Gasteiger partial charge in [-0.1, -0.05) is 60.7 Å². The molecule has 2 amide bonds. The van der Waals surface area contributed by atoms with E-state index in [1.54, 1.807) is 37.1 Å². The fourth-order valence-electron chi connectivity index (χ4n) is 3.12. The van der Waals surface area contributed by atoms with E-state index in [0.29, 0.717) is 0 Å². The maximum Gasteiger partial charge on any atom is 0.324 e. The molecular weight excluding hydrogens is 372 g/mol. The van der Waals surface area contributed by atoms with E-state index < -0.39 is 17.0 Å². The summed E-state index contributed by atoms with van der Waals surface area (Å²) in [6.45, 7) is 7.14. The molecule has 2 aromatic carbocycles. The molecule has 7 heteroatoms. The Labute approximate surface area is 164 Å². The number of nitrogens with zero attached hydrogens (tertiary/aromatic N) is 2. The summed E-state index contributed by atoms with van der Waals surface area (Å²) in [5.74, 6) is -0.106. The van der Waals surface area contributed by atoms with E-state index in [1.807, 2.05) is 73.8 Å². The number of hydrogen-bond acceptors (Lipinski definition) is 3. The lowest BCUT2D eigenvalue weighted by molar-refractivity contribution is -0.124. The van der Waals surface area contributed by atoms with Crippen molar-refractivity contribution in [2.75, 3.05) is 14.1 Å². The van der Waals surface area contributed by atoms with Crippen molar-refractivity contribution in [3.63, 3.8) is 0 Å². The zero-order chi connectivity index (χ0) is 20.2. The molecule has 0 saturated carbocycles. The number of carbonyl (C=O) groups is 2. The third kappa shape index (κ3) is 4.20. The van der Waals surface area contributed by atoms with Crippen molar-refractivity contribution in [2.24, 2.45) is 0 Å². The van der Waals surface area contributed by atoms with Crippen LogP contribution in [0.3, 0.4) is 0 Å². The van der Waals surface area contributed by atoms with Crippen LogP contribution in [-0.4, -0.2) is 52.0 Å². The van der Waals surface area contributed by atoms with Gasteiger partial charge in [0.2, 0.25) is 11.8 Å². The smallest absolute Gasteiger partial charge is 0.324 e. The molecule has 144 valence electrons. The first-order valence-electron chi connectivity index (χ1n) is 8.93. The predicted octanol–water partition coefficient (Wildman–Crippen LogP) is 1.92. The molecule has 0 N–H and O–H groups in total. The van der Waals surface area contributed by atoms with Crippen LogP contribution in [0.4, 0.5) is 0 Å². The van der Waals surface area contributed by atoms with E-state index in [-0.39, 0.29) is 11.8 Å². The van der Waals surface area contributed by atoms with Crippen LogP contribution in [0.2, 0.25) is 13.1 Å². The summed E-state index contributed by atoms with van der Waals surface area (Å²) in [5, 5.41) is 1.99. The first-order chi connectivity index (χ1) is 12.6. The molecule has 27 heavy (non-hydrogen) atoms. The van der Waals surface area contributed by atoms with Gasteiger partial charge in [0.25, 0.3) is 0 Å². The van der Waals surface area contributed by atoms with Crippen LogP contribution in [0.5, 0.6) is 0 Å². The SMILES string of the molecule is CC(=O)N(C)[Si](C)(O[Si](C)(c1ccccc1)N(C)C(C)=O)c1ccccc1. The Hall–Kier alpha value is -2.23. The van der Waals surface area contributed by atoms with Gasteiger partial charge in [0.1, 0.15) is 0 Å². The Morgan fingerprint density at radius 1 is 0.704 bits per heavy atom. The second-order valence-corrected chi connectivity index (χ2v) is 14.2. The van der Waals surface area contributed by atoms with E-state index in [4.69, 9.17) is 4.12 Å². The molecule has 0 heterocycles. The van der Waals surface area contributed by atoms with Gasteiger partial charge in [-0.15, -0.1) is 0 Å². The average Bonchev–Trinajstić information content (AvgIpc) is 2.67. The highest BCUT2D eigenvalue weighted by molar-refractivity contribution is 6.97. The zero-order valence-corrected chi connectivity index (χ0v) is 18.9. The lowest BCUT2D eigenvalue weighted by atomic mass is 10.4. The lowest BCUT2D eigenvalue weighted by Gasteiger charge is -2.45. The molecule has 0 bridgehead atoms. The summed E-state index contributed by atoms with van der Waals surface area (Å²) in [6, 6.07) is 19.7. The van der Waals surface area contributed by atoms with Gasteiger partial charge in [0.15, 0.2) is 0 Å². The average molecular weight is 401 g/mol. The molecule has 0 aromatic heterocycles. The highest BCUT2D eigenvalue weighted by Gasteiger charge is 2.50. The minimum absolute atomic E-state index is 0.0529. The summed E-state index contributed by atoms with van der Waals surface area (Å²) < 4.78 is 10.4. The standard InChI is InChI=1S/C20H28N2O3Si2/c1-17(23)21(3)26(5,19-13-9-7-10-14-19)25-27(6,22(4)18(2)24)20-15-11-8-12-16-20/h7-16H,1-6H3. The molecular formula is C20H28N2O3Si2. The second-order valence-electron chi connectivity index (χ2n) is 6.96. The molecule has 0 aliphatic rings. The van der Waals surface area contributed by atoms with Gasteiger partial charge in [0, 0.05) is 27.9 Å². The van der Waals surface area contributed by atoms with Crippen LogP contribution in [-0.2, 0) is 13.7 Å². The van der Waals surface area contributed by atoms with Gasteiger partial charge in [-0.25, -0.2) is 0 Å². The Morgan fingerprint density at radius 2 is 1.00 bits per heavy atom. The Balaban J connectivity index is 2.64. The predicted molar refractivity (Wildman–Crippen MR) is 113 cm³/mol. The van der Waals surface area contributed by atoms with Crippen LogP contribution in [0.1, 0.15) is 13.8 Å². The number of amides is 2. The van der Waals surface area contributed by atoms with Crippen molar-refractivity contribution in [3.8, 4) is 0 Å². The maximum absolute atomic E-state index is 12.3. The minimum atomic E-state index is -2.87. The fourth-order valence-corrected chi connectivity index (χ4v) is 11.9. The summed E-state index contributed by atoms with van der Waals surface area (Å²) in [7, 11) is -2.16. The highest BCUT2D eigenvalue weighted by atomic mass is 28.4. The Kier molecular flexibility index (Phi) is 6.40. The van der Waals surface area contributed by atoms with Crippen LogP contribution in [0.15, 0.2) is 60.7 Å². The summed E-state index contributed by atoms with van der Waals surface area (Å²) >= 11 is 0. The van der Waals surface area contributed by atoms with E-state index in [1.165, 1.54) is 0 Å². The number of carbonyl (C=O) groups excluding carboxylic acids is 2. The van der Waals surface area contributed by atoms with E-state index in [9.17, 15) is 9.59 Å². The van der Waals surface area contributed by atoms with Gasteiger partial charge < -0.3 is 13.2 Å². The molecule has 0 spiro atoms. The Bertz CT molecular complexity index is 736. The topological polar surface area (TPSA) is 49.9 Å². The molecule has 2 atom stereocenters. The fraction of sp³-hybridized carbons (Fsp3) is 0.300. The first-order valence-corrected chi connectivity index (χ1v) is 13.6. The third-order valence-corrected chi connectivity index (χ3v) is 14.4. The first kappa shape index (κ1) is 21.1. The Morgan fingerprint density at radius 3 is 1.26 bits per heavy atom. The largest absolute Gasteiger partial charge is 0.417 e. The molecule has 0 saturated heterocycles. The second kappa shape index (κ2) is 8.20. The zero-order valence-electron chi connectivity index (χ0n) is 16.9. The maximum atomic E-state index is 12.3. The van der Waals surface area contributed by atoms with Crippen molar-refractivity contribution >= 4 is 39.1 Å². The quantitative estimate of drug-likeness (QED) is 0.696. The van der Waals surface area contributed by atoms with E-state index in [0.717, 1.165) is 10.4 Å². The van der Waals surface area contributed by atoms with Crippen molar-refractivity contribution in [1.82, 2.24) is 9.13 Å². The molecule has 5 nitrogen and oxygen atoms in total. The summed E-state index contributed by atoms with van der Waals surface area (Å²) in [4.78, 5) is 24.6. The van der Waals surface area contributed by atoms with Crippen molar-refractivity contribution in [2.45, 2.75) is 26.9 Å². The highest BCUT2D eigenvalue weighted by Crippen LogP contribution is 2.21. The van der Waals surface area contributed by atoms with Gasteiger partial charge in [-0.2, -0.15) is 0 Å². The monoisotopic (exact) mass is 400 g/mol. The third-order valence-electron chi connectivity index (χ3n) is 5.24. The van der Waals surface area contributed by atoms with Crippen LogP contribution < -0.4 is 10.4 Å². The van der Waals surface area contributed by atoms with Crippen LogP contribution in [0, 0.1) is 0 Å². The van der Waals surface area contributed by atoms with Gasteiger partial charge in [0.05, 0.1) is 0 Å². The molecule has 2 aromatic rings.